The first-order valence-corrected chi connectivity index (χ1v) is 5.71. The molecular formula is C12H17NO2. The van der Waals surface area contributed by atoms with Crippen LogP contribution in [-0.2, 0) is 9.59 Å². The predicted molar refractivity (Wildman–Crippen MR) is 57.0 cm³/mol. The van der Waals surface area contributed by atoms with Crippen LogP contribution in [0.1, 0.15) is 32.1 Å². The number of carbonyl (C=O) groups is 2. The van der Waals surface area contributed by atoms with Gasteiger partial charge in [0.15, 0.2) is 0 Å². The zero-order chi connectivity index (χ0) is 10.8. The monoisotopic (exact) mass is 207 g/mol. The van der Waals surface area contributed by atoms with E-state index < -0.39 is 0 Å². The van der Waals surface area contributed by atoms with Gasteiger partial charge in [-0.1, -0.05) is 13.0 Å². The van der Waals surface area contributed by atoms with Crippen molar-refractivity contribution >= 4 is 11.7 Å². The number of Topliss-reactive ketones (excluding diaryl/α,β-unsaturated/α-hetero) is 1. The van der Waals surface area contributed by atoms with Crippen LogP contribution in [-0.4, -0.2) is 23.1 Å². The van der Waals surface area contributed by atoms with E-state index in [4.69, 9.17) is 0 Å². The molecule has 82 valence electrons. The van der Waals surface area contributed by atoms with Crippen molar-refractivity contribution in [1.29, 1.82) is 0 Å². The number of hydrogen-bond acceptors (Lipinski definition) is 2. The van der Waals surface area contributed by atoms with E-state index in [-0.39, 0.29) is 23.5 Å². The maximum Gasteiger partial charge on any atom is 0.237 e. The molecule has 1 aliphatic carbocycles. The van der Waals surface area contributed by atoms with E-state index in [1.54, 1.807) is 11.1 Å². The summed E-state index contributed by atoms with van der Waals surface area (Å²) in [7, 11) is 0. The number of rotatable bonds is 3. The molecule has 1 atom stereocenters. The Balaban J connectivity index is 2.10. The maximum atomic E-state index is 12.0. The highest BCUT2D eigenvalue weighted by atomic mass is 16.2. The van der Waals surface area contributed by atoms with Crippen molar-refractivity contribution in [2.24, 2.45) is 11.8 Å². The molecule has 1 heterocycles. The summed E-state index contributed by atoms with van der Waals surface area (Å²) in [4.78, 5) is 25.5. The third-order valence-electron chi connectivity index (χ3n) is 3.27. The van der Waals surface area contributed by atoms with E-state index in [0.29, 0.717) is 0 Å². The molecule has 1 saturated heterocycles. The van der Waals surface area contributed by atoms with Crippen molar-refractivity contribution in [3.63, 3.8) is 0 Å². The molecular weight excluding hydrogens is 190 g/mol. The Hall–Kier alpha value is -1.12. The highest BCUT2D eigenvalue weighted by molar-refractivity contribution is 6.03. The van der Waals surface area contributed by atoms with Gasteiger partial charge in [0.25, 0.3) is 0 Å². The average molecular weight is 207 g/mol. The lowest BCUT2D eigenvalue weighted by atomic mass is 9.94. The molecule has 3 nitrogen and oxygen atoms in total. The number of hydrogen-bond donors (Lipinski definition) is 0. The third-order valence-corrected chi connectivity index (χ3v) is 3.27. The van der Waals surface area contributed by atoms with Crippen molar-refractivity contribution in [1.82, 2.24) is 4.90 Å². The van der Waals surface area contributed by atoms with Gasteiger partial charge in [0.2, 0.25) is 5.91 Å². The number of carbonyl (C=O) groups excluding carboxylic acids is 2. The lowest BCUT2D eigenvalue weighted by molar-refractivity contribution is -0.139. The van der Waals surface area contributed by atoms with Crippen LogP contribution in [0.25, 0.3) is 0 Å². The van der Waals surface area contributed by atoms with Gasteiger partial charge >= 0.3 is 0 Å². The summed E-state index contributed by atoms with van der Waals surface area (Å²) in [6.07, 6.45) is 6.21. The van der Waals surface area contributed by atoms with Crippen LogP contribution < -0.4 is 0 Å². The quantitative estimate of drug-likeness (QED) is 0.661. The Labute approximate surface area is 90.1 Å². The Morgan fingerprint density at radius 3 is 2.67 bits per heavy atom. The zero-order valence-corrected chi connectivity index (χ0v) is 8.95. The summed E-state index contributed by atoms with van der Waals surface area (Å²) in [5.74, 6) is -0.0464. The Kier molecular flexibility index (Phi) is 2.89. The lowest BCUT2D eigenvalue weighted by Crippen LogP contribution is -2.35. The third kappa shape index (κ3) is 2.11. The molecule has 2 aliphatic rings. The van der Waals surface area contributed by atoms with E-state index in [1.807, 2.05) is 0 Å². The van der Waals surface area contributed by atoms with Crippen molar-refractivity contribution in [3.05, 3.63) is 12.8 Å². The molecule has 0 radical (unpaired) electrons. The SMILES string of the molecule is C=CN1CCCCC(C(=O)C2CC2)C1=O. The lowest BCUT2D eigenvalue weighted by Gasteiger charge is -2.19. The molecule has 2 rings (SSSR count). The smallest absolute Gasteiger partial charge is 0.237 e. The molecule has 0 aromatic rings. The molecule has 0 aromatic heterocycles. The summed E-state index contributed by atoms with van der Waals surface area (Å²) in [5, 5.41) is 0. The van der Waals surface area contributed by atoms with E-state index in [9.17, 15) is 9.59 Å². The molecule has 15 heavy (non-hydrogen) atoms. The molecule has 0 aromatic carbocycles. The van der Waals surface area contributed by atoms with Crippen molar-refractivity contribution in [2.45, 2.75) is 32.1 Å². The summed E-state index contributed by atoms with van der Waals surface area (Å²) >= 11 is 0. The minimum atomic E-state index is -0.377. The van der Waals surface area contributed by atoms with Gasteiger partial charge in [-0.3, -0.25) is 9.59 Å². The van der Waals surface area contributed by atoms with E-state index >= 15 is 0 Å². The summed E-state index contributed by atoms with van der Waals surface area (Å²) in [5.41, 5.74) is 0. The summed E-state index contributed by atoms with van der Waals surface area (Å²) in [6, 6.07) is 0. The fourth-order valence-corrected chi connectivity index (χ4v) is 2.16. The fourth-order valence-electron chi connectivity index (χ4n) is 2.16. The first-order valence-electron chi connectivity index (χ1n) is 5.71. The van der Waals surface area contributed by atoms with Crippen molar-refractivity contribution in [3.8, 4) is 0 Å². The minimum absolute atomic E-state index is 0.0283. The Morgan fingerprint density at radius 2 is 2.07 bits per heavy atom. The Bertz CT molecular complexity index is 294. The minimum Gasteiger partial charge on any atom is -0.319 e. The van der Waals surface area contributed by atoms with Gasteiger partial charge in [-0.2, -0.15) is 0 Å². The molecule has 1 unspecified atom stereocenters. The molecule has 1 saturated carbocycles. The molecule has 0 N–H and O–H groups in total. The molecule has 2 fully saturated rings. The van der Waals surface area contributed by atoms with Crippen LogP contribution in [0.4, 0.5) is 0 Å². The van der Waals surface area contributed by atoms with Gasteiger partial charge in [0, 0.05) is 12.5 Å². The van der Waals surface area contributed by atoms with Gasteiger partial charge in [-0.25, -0.2) is 0 Å². The summed E-state index contributed by atoms with van der Waals surface area (Å²) < 4.78 is 0. The first-order chi connectivity index (χ1) is 7.24. The van der Waals surface area contributed by atoms with Crippen molar-refractivity contribution in [2.75, 3.05) is 6.54 Å². The van der Waals surface area contributed by atoms with Crippen LogP contribution in [0, 0.1) is 11.8 Å². The number of nitrogens with zero attached hydrogens (tertiary/aromatic N) is 1. The van der Waals surface area contributed by atoms with E-state index in [1.165, 1.54) is 0 Å². The largest absolute Gasteiger partial charge is 0.319 e. The van der Waals surface area contributed by atoms with Crippen LogP contribution in [0.2, 0.25) is 0 Å². The van der Waals surface area contributed by atoms with Crippen LogP contribution in [0.15, 0.2) is 12.8 Å². The topological polar surface area (TPSA) is 37.4 Å². The normalized spacial score (nSPS) is 27.3. The second-order valence-corrected chi connectivity index (χ2v) is 4.44. The molecule has 0 spiro atoms. The predicted octanol–water partition coefficient (Wildman–Crippen LogP) is 1.74. The van der Waals surface area contributed by atoms with Gasteiger partial charge in [0.1, 0.15) is 5.78 Å². The van der Waals surface area contributed by atoms with Crippen LogP contribution >= 0.6 is 0 Å². The highest BCUT2D eigenvalue weighted by Crippen LogP contribution is 2.35. The zero-order valence-electron chi connectivity index (χ0n) is 8.95. The maximum absolute atomic E-state index is 12.0. The van der Waals surface area contributed by atoms with E-state index in [2.05, 4.69) is 6.58 Å². The van der Waals surface area contributed by atoms with Crippen LogP contribution in [0.5, 0.6) is 0 Å². The fraction of sp³-hybridized carbons (Fsp3) is 0.667. The molecule has 3 heteroatoms. The molecule has 1 amide bonds. The second-order valence-electron chi connectivity index (χ2n) is 4.44. The first kappa shape index (κ1) is 10.4. The number of amides is 1. The van der Waals surface area contributed by atoms with Crippen molar-refractivity contribution < 1.29 is 9.59 Å². The number of likely N-dealkylation sites (tertiary alicyclic amines) is 1. The standard InChI is InChI=1S/C12H17NO2/c1-2-13-8-4-3-5-10(12(13)15)11(14)9-6-7-9/h2,9-10H,1,3-8H2. The number of ketones is 1. The van der Waals surface area contributed by atoms with Crippen LogP contribution in [0.3, 0.4) is 0 Å². The van der Waals surface area contributed by atoms with Gasteiger partial charge < -0.3 is 4.90 Å². The van der Waals surface area contributed by atoms with Gasteiger partial charge in [-0.05, 0) is 31.9 Å². The van der Waals surface area contributed by atoms with Gasteiger partial charge in [0.05, 0.1) is 5.92 Å². The highest BCUT2D eigenvalue weighted by Gasteiger charge is 2.39. The molecule has 0 bridgehead atoms. The second kappa shape index (κ2) is 4.17. The average Bonchev–Trinajstić information content (AvgIpc) is 3.04. The van der Waals surface area contributed by atoms with E-state index in [0.717, 1.165) is 38.6 Å². The summed E-state index contributed by atoms with van der Waals surface area (Å²) in [6.45, 7) is 4.34. The molecule has 1 aliphatic heterocycles. The van der Waals surface area contributed by atoms with Gasteiger partial charge in [-0.15, -0.1) is 0 Å². The Morgan fingerprint density at radius 1 is 1.33 bits per heavy atom.